The van der Waals surface area contributed by atoms with Gasteiger partial charge in [-0.15, -0.1) is 0 Å². The van der Waals surface area contributed by atoms with E-state index >= 15 is 0 Å². The van der Waals surface area contributed by atoms with Crippen molar-refractivity contribution in [2.75, 3.05) is 25.1 Å². The lowest BCUT2D eigenvalue weighted by Crippen LogP contribution is -2.49. The van der Waals surface area contributed by atoms with Crippen LogP contribution >= 0.6 is 0 Å². The van der Waals surface area contributed by atoms with Crippen molar-refractivity contribution in [2.24, 2.45) is 0 Å². The highest BCUT2D eigenvalue weighted by molar-refractivity contribution is 6.06. The molecule has 0 bridgehead atoms. The lowest BCUT2D eigenvalue weighted by Gasteiger charge is -2.25. The first kappa shape index (κ1) is 22.9. The van der Waals surface area contributed by atoms with E-state index < -0.39 is 18.2 Å². The molecule has 2 amide bonds. The molecule has 2 aromatic rings. The Hall–Kier alpha value is -2.74. The summed E-state index contributed by atoms with van der Waals surface area (Å²) in [6.45, 7) is 5.90. The fourth-order valence-corrected chi connectivity index (χ4v) is 3.61. The molecule has 0 saturated heterocycles. The molecule has 31 heavy (non-hydrogen) atoms. The Morgan fingerprint density at radius 2 is 1.74 bits per heavy atom. The summed E-state index contributed by atoms with van der Waals surface area (Å²) in [5.41, 5.74) is 3.43. The maximum absolute atomic E-state index is 13.3. The summed E-state index contributed by atoms with van der Waals surface area (Å²) in [6, 6.07) is 13.9. The Morgan fingerprint density at radius 1 is 1.10 bits per heavy atom. The first-order chi connectivity index (χ1) is 14.8. The van der Waals surface area contributed by atoms with Crippen LogP contribution in [0.15, 0.2) is 48.5 Å². The van der Waals surface area contributed by atoms with Crippen LogP contribution in [-0.2, 0) is 14.3 Å². The van der Waals surface area contributed by atoms with Gasteiger partial charge >= 0.3 is 0 Å². The van der Waals surface area contributed by atoms with E-state index in [9.17, 15) is 14.7 Å². The molecule has 166 valence electrons. The third-order valence-electron chi connectivity index (χ3n) is 5.37. The average molecular weight is 426 g/mol. The van der Waals surface area contributed by atoms with E-state index in [0.29, 0.717) is 0 Å². The molecule has 3 N–H and O–H groups in total. The molecule has 0 radical (unpaired) electrons. The SMILES string of the molecule is CC(C)OCC(O)CNC(C)C(=O)NC1C(=O)N(C)c2ccccc2-c2ccccc21. The number of carbonyl (C=O) groups excluding carboxylic acids is 2. The van der Waals surface area contributed by atoms with Crippen LogP contribution in [0, 0.1) is 0 Å². The Balaban J connectivity index is 1.75. The fourth-order valence-electron chi connectivity index (χ4n) is 3.61. The molecule has 2 aromatic carbocycles. The number of ether oxygens (including phenoxy) is 1. The van der Waals surface area contributed by atoms with Gasteiger partial charge in [0.15, 0.2) is 0 Å². The van der Waals surface area contributed by atoms with Crippen molar-refractivity contribution in [1.29, 1.82) is 0 Å². The van der Waals surface area contributed by atoms with E-state index in [1.54, 1.807) is 18.9 Å². The second-order valence-corrected chi connectivity index (χ2v) is 8.11. The zero-order valence-electron chi connectivity index (χ0n) is 18.5. The van der Waals surface area contributed by atoms with Gasteiger partial charge in [0.2, 0.25) is 5.91 Å². The minimum absolute atomic E-state index is 0.0257. The number of nitrogens with zero attached hydrogens (tertiary/aromatic N) is 1. The molecular formula is C24H31N3O4. The number of hydrogen-bond acceptors (Lipinski definition) is 5. The van der Waals surface area contributed by atoms with Crippen LogP contribution in [0.2, 0.25) is 0 Å². The molecule has 0 aliphatic carbocycles. The highest BCUT2D eigenvalue weighted by atomic mass is 16.5. The number of likely N-dealkylation sites (N-methyl/N-ethyl adjacent to an activating group) is 1. The quantitative estimate of drug-likeness (QED) is 0.604. The fraction of sp³-hybridized carbons (Fsp3) is 0.417. The van der Waals surface area contributed by atoms with Gasteiger partial charge < -0.3 is 25.4 Å². The highest BCUT2D eigenvalue weighted by Crippen LogP contribution is 2.39. The van der Waals surface area contributed by atoms with E-state index in [1.807, 2.05) is 62.4 Å². The molecule has 7 heteroatoms. The lowest BCUT2D eigenvalue weighted by atomic mass is 9.95. The third-order valence-corrected chi connectivity index (χ3v) is 5.37. The number of para-hydroxylation sites is 1. The maximum atomic E-state index is 13.3. The van der Waals surface area contributed by atoms with Crippen LogP contribution in [-0.4, -0.2) is 55.4 Å². The van der Waals surface area contributed by atoms with Crippen molar-refractivity contribution >= 4 is 17.5 Å². The zero-order chi connectivity index (χ0) is 22.5. The second-order valence-electron chi connectivity index (χ2n) is 8.11. The number of aliphatic hydroxyl groups is 1. The minimum atomic E-state index is -0.806. The van der Waals surface area contributed by atoms with Gasteiger partial charge in [0, 0.05) is 19.2 Å². The Kier molecular flexibility index (Phi) is 7.43. The van der Waals surface area contributed by atoms with Crippen LogP contribution in [0.5, 0.6) is 0 Å². The molecule has 0 fully saturated rings. The van der Waals surface area contributed by atoms with Crippen molar-refractivity contribution in [3.05, 3.63) is 54.1 Å². The van der Waals surface area contributed by atoms with Crippen LogP contribution in [0.1, 0.15) is 32.4 Å². The molecule has 3 unspecified atom stereocenters. The number of nitrogens with one attached hydrogen (secondary N) is 2. The molecule has 1 heterocycles. The van der Waals surface area contributed by atoms with Crippen molar-refractivity contribution < 1.29 is 19.4 Å². The Morgan fingerprint density at radius 3 is 2.45 bits per heavy atom. The summed E-state index contributed by atoms with van der Waals surface area (Å²) >= 11 is 0. The van der Waals surface area contributed by atoms with Crippen LogP contribution < -0.4 is 15.5 Å². The van der Waals surface area contributed by atoms with Crippen molar-refractivity contribution in [1.82, 2.24) is 10.6 Å². The third kappa shape index (κ3) is 5.31. The number of carbonyl (C=O) groups is 2. The predicted molar refractivity (Wildman–Crippen MR) is 121 cm³/mol. The van der Waals surface area contributed by atoms with Gasteiger partial charge in [-0.3, -0.25) is 9.59 Å². The number of hydrogen-bond donors (Lipinski definition) is 3. The van der Waals surface area contributed by atoms with Gasteiger partial charge in [0.1, 0.15) is 6.04 Å². The topological polar surface area (TPSA) is 90.9 Å². The number of amides is 2. The minimum Gasteiger partial charge on any atom is -0.389 e. The molecule has 7 nitrogen and oxygen atoms in total. The van der Waals surface area contributed by atoms with E-state index in [4.69, 9.17) is 4.74 Å². The first-order valence-electron chi connectivity index (χ1n) is 10.6. The highest BCUT2D eigenvalue weighted by Gasteiger charge is 2.33. The molecule has 1 aliphatic rings. The Bertz CT molecular complexity index is 931. The number of benzene rings is 2. The van der Waals surface area contributed by atoms with Gasteiger partial charge in [0.25, 0.3) is 5.91 Å². The molecule has 0 spiro atoms. The standard InChI is InChI=1S/C24H31N3O4/c1-15(2)31-14-17(28)13-25-16(3)23(29)26-22-20-11-6-5-9-18(20)19-10-7-8-12-21(19)27(4)24(22)30/h5-12,15-17,22,25,28H,13-14H2,1-4H3,(H,26,29). The predicted octanol–water partition coefficient (Wildman–Crippen LogP) is 2.25. The molecule has 0 saturated carbocycles. The molecular weight excluding hydrogens is 394 g/mol. The summed E-state index contributed by atoms with van der Waals surface area (Å²) < 4.78 is 5.39. The molecule has 3 rings (SSSR count). The van der Waals surface area contributed by atoms with Gasteiger partial charge in [-0.2, -0.15) is 0 Å². The second kappa shape index (κ2) is 10.0. The smallest absolute Gasteiger partial charge is 0.253 e. The van der Waals surface area contributed by atoms with Gasteiger partial charge in [-0.05, 0) is 38.0 Å². The first-order valence-corrected chi connectivity index (χ1v) is 10.6. The lowest BCUT2D eigenvalue weighted by molar-refractivity contribution is -0.128. The molecule has 0 aromatic heterocycles. The van der Waals surface area contributed by atoms with Gasteiger partial charge in [0.05, 0.1) is 30.5 Å². The molecule has 1 aliphatic heterocycles. The van der Waals surface area contributed by atoms with E-state index in [0.717, 1.165) is 22.4 Å². The number of aliphatic hydroxyl groups excluding tert-OH is 1. The van der Waals surface area contributed by atoms with Crippen LogP contribution in [0.25, 0.3) is 11.1 Å². The van der Waals surface area contributed by atoms with Crippen LogP contribution in [0.3, 0.4) is 0 Å². The Labute approximate surface area is 183 Å². The van der Waals surface area contributed by atoms with E-state index in [2.05, 4.69) is 10.6 Å². The summed E-state index contributed by atoms with van der Waals surface area (Å²) in [6.07, 6.45) is -0.698. The summed E-state index contributed by atoms with van der Waals surface area (Å²) in [5.74, 6) is -0.521. The van der Waals surface area contributed by atoms with E-state index in [1.165, 1.54) is 0 Å². The largest absolute Gasteiger partial charge is 0.389 e. The number of rotatable bonds is 8. The van der Waals surface area contributed by atoms with Crippen LogP contribution in [0.4, 0.5) is 5.69 Å². The summed E-state index contributed by atoms with van der Waals surface area (Å²) in [7, 11) is 1.72. The number of fused-ring (bicyclic) bond motifs is 3. The number of anilines is 1. The van der Waals surface area contributed by atoms with Crippen molar-refractivity contribution in [3.8, 4) is 11.1 Å². The van der Waals surface area contributed by atoms with Crippen molar-refractivity contribution in [3.63, 3.8) is 0 Å². The van der Waals surface area contributed by atoms with E-state index in [-0.39, 0.29) is 31.1 Å². The normalized spacial score (nSPS) is 17.5. The average Bonchev–Trinajstić information content (AvgIpc) is 2.86. The van der Waals surface area contributed by atoms with Gasteiger partial charge in [-0.25, -0.2) is 0 Å². The zero-order valence-corrected chi connectivity index (χ0v) is 18.5. The monoisotopic (exact) mass is 425 g/mol. The maximum Gasteiger partial charge on any atom is 0.253 e. The summed E-state index contributed by atoms with van der Waals surface area (Å²) in [4.78, 5) is 27.7. The van der Waals surface area contributed by atoms with Crippen molar-refractivity contribution in [2.45, 2.75) is 45.1 Å². The van der Waals surface area contributed by atoms with Gasteiger partial charge in [-0.1, -0.05) is 42.5 Å². The summed E-state index contributed by atoms with van der Waals surface area (Å²) in [5, 5.41) is 15.9. The molecule has 3 atom stereocenters.